The van der Waals surface area contributed by atoms with Crippen molar-refractivity contribution in [2.45, 2.75) is 13.5 Å². The van der Waals surface area contributed by atoms with Crippen LogP contribution in [-0.4, -0.2) is 22.5 Å². The van der Waals surface area contributed by atoms with Crippen LogP contribution in [0.1, 0.15) is 18.3 Å². The molecule has 0 atom stereocenters. The summed E-state index contributed by atoms with van der Waals surface area (Å²) in [6.45, 7) is 1.90. The Bertz CT molecular complexity index is 361. The highest BCUT2D eigenvalue weighted by Gasteiger charge is 1.92. The molecule has 1 aromatic heterocycles. The lowest BCUT2D eigenvalue weighted by Crippen LogP contribution is -2.19. The normalized spacial score (nSPS) is 10.5. The molecule has 4 heteroatoms. The summed E-state index contributed by atoms with van der Waals surface area (Å²) < 4.78 is 0. The van der Waals surface area contributed by atoms with E-state index in [0.29, 0.717) is 12.2 Å². The first-order valence-corrected chi connectivity index (χ1v) is 4.70. The second kappa shape index (κ2) is 5.93. The van der Waals surface area contributed by atoms with Crippen molar-refractivity contribution in [1.29, 1.82) is 0 Å². The van der Waals surface area contributed by atoms with Crippen LogP contribution in [0.5, 0.6) is 0 Å². The van der Waals surface area contributed by atoms with Crippen LogP contribution in [-0.2, 0) is 11.4 Å². The predicted molar refractivity (Wildman–Crippen MR) is 57.9 cm³/mol. The van der Waals surface area contributed by atoms with Gasteiger partial charge in [-0.15, -0.1) is 0 Å². The minimum atomic E-state index is -0.0621. The monoisotopic (exact) mass is 206 g/mol. The Kier molecular flexibility index (Phi) is 4.50. The summed E-state index contributed by atoms with van der Waals surface area (Å²) in [5, 5.41) is 11.5. The van der Waals surface area contributed by atoms with Gasteiger partial charge in [0.2, 0.25) is 5.91 Å². The topological polar surface area (TPSA) is 62.2 Å². The van der Waals surface area contributed by atoms with E-state index >= 15 is 0 Å². The van der Waals surface area contributed by atoms with E-state index in [1.165, 1.54) is 6.92 Å². The van der Waals surface area contributed by atoms with Gasteiger partial charge in [-0.05, 0) is 18.2 Å². The van der Waals surface area contributed by atoms with E-state index in [-0.39, 0.29) is 12.5 Å². The molecule has 0 bridgehead atoms. The van der Waals surface area contributed by atoms with Gasteiger partial charge in [-0.3, -0.25) is 9.78 Å². The van der Waals surface area contributed by atoms with Crippen molar-refractivity contribution >= 4 is 12.0 Å². The number of carbonyl (C=O) groups excluding carboxylic acids is 1. The summed E-state index contributed by atoms with van der Waals surface area (Å²) in [7, 11) is 0. The molecule has 15 heavy (non-hydrogen) atoms. The third-order valence-corrected chi connectivity index (χ3v) is 1.75. The first kappa shape index (κ1) is 11.4. The third kappa shape index (κ3) is 4.37. The van der Waals surface area contributed by atoms with Gasteiger partial charge in [0.15, 0.2) is 0 Å². The molecule has 0 saturated carbocycles. The quantitative estimate of drug-likeness (QED) is 0.763. The SMILES string of the molecule is CC(=O)NCC=Cc1cccc(CO)n1. The fraction of sp³-hybridized carbons (Fsp3) is 0.273. The molecule has 1 amide bonds. The van der Waals surface area contributed by atoms with Crippen LogP contribution in [0.3, 0.4) is 0 Å². The maximum Gasteiger partial charge on any atom is 0.217 e. The van der Waals surface area contributed by atoms with E-state index in [0.717, 1.165) is 5.69 Å². The van der Waals surface area contributed by atoms with Crippen LogP contribution in [0.2, 0.25) is 0 Å². The molecular formula is C11H14N2O2. The van der Waals surface area contributed by atoms with E-state index in [9.17, 15) is 4.79 Å². The summed E-state index contributed by atoms with van der Waals surface area (Å²) in [4.78, 5) is 14.7. The predicted octanol–water partition coefficient (Wildman–Crippen LogP) is 0.723. The number of nitrogens with one attached hydrogen (secondary N) is 1. The molecule has 0 fully saturated rings. The molecular weight excluding hydrogens is 192 g/mol. The van der Waals surface area contributed by atoms with Gasteiger partial charge in [-0.2, -0.15) is 0 Å². The lowest BCUT2D eigenvalue weighted by molar-refractivity contribution is -0.118. The Morgan fingerprint density at radius 2 is 2.40 bits per heavy atom. The first-order chi connectivity index (χ1) is 7.22. The molecule has 0 radical (unpaired) electrons. The summed E-state index contributed by atoms with van der Waals surface area (Å²) >= 11 is 0. The lowest BCUT2D eigenvalue weighted by atomic mass is 10.3. The van der Waals surface area contributed by atoms with Crippen LogP contribution in [0.25, 0.3) is 6.08 Å². The Morgan fingerprint density at radius 3 is 3.07 bits per heavy atom. The zero-order valence-corrected chi connectivity index (χ0v) is 8.60. The molecule has 0 aliphatic heterocycles. The van der Waals surface area contributed by atoms with Gasteiger partial charge in [0.1, 0.15) is 0 Å². The molecule has 0 unspecified atom stereocenters. The number of amides is 1. The molecule has 0 aliphatic rings. The van der Waals surface area contributed by atoms with Gasteiger partial charge in [0, 0.05) is 13.5 Å². The van der Waals surface area contributed by atoms with Crippen molar-refractivity contribution in [3.05, 3.63) is 35.7 Å². The average Bonchev–Trinajstić information content (AvgIpc) is 2.24. The van der Waals surface area contributed by atoms with Crippen LogP contribution in [0.15, 0.2) is 24.3 Å². The summed E-state index contributed by atoms with van der Waals surface area (Å²) in [6, 6.07) is 5.42. The Balaban J connectivity index is 2.52. The van der Waals surface area contributed by atoms with E-state index in [2.05, 4.69) is 10.3 Å². The van der Waals surface area contributed by atoms with Crippen molar-refractivity contribution < 1.29 is 9.90 Å². The number of aliphatic hydroxyl groups is 1. The number of hydrogen-bond donors (Lipinski definition) is 2. The van der Waals surface area contributed by atoms with Crippen molar-refractivity contribution in [3.8, 4) is 0 Å². The molecule has 4 nitrogen and oxygen atoms in total. The molecule has 1 aromatic rings. The van der Waals surface area contributed by atoms with Crippen LogP contribution < -0.4 is 5.32 Å². The van der Waals surface area contributed by atoms with Gasteiger partial charge in [0.25, 0.3) is 0 Å². The largest absolute Gasteiger partial charge is 0.390 e. The second-order valence-electron chi connectivity index (χ2n) is 3.05. The smallest absolute Gasteiger partial charge is 0.217 e. The lowest BCUT2D eigenvalue weighted by Gasteiger charge is -1.97. The molecule has 0 aromatic carbocycles. The highest BCUT2D eigenvalue weighted by Crippen LogP contribution is 2.00. The van der Waals surface area contributed by atoms with E-state index in [1.807, 2.05) is 18.2 Å². The van der Waals surface area contributed by atoms with Crippen molar-refractivity contribution in [2.75, 3.05) is 6.54 Å². The first-order valence-electron chi connectivity index (χ1n) is 4.70. The van der Waals surface area contributed by atoms with Crippen LogP contribution >= 0.6 is 0 Å². The molecule has 0 spiro atoms. The molecule has 0 saturated heterocycles. The summed E-state index contributed by atoms with van der Waals surface area (Å²) in [6.07, 6.45) is 3.61. The van der Waals surface area contributed by atoms with Gasteiger partial charge in [-0.1, -0.05) is 12.1 Å². The minimum absolute atomic E-state index is 0.0586. The van der Waals surface area contributed by atoms with Gasteiger partial charge >= 0.3 is 0 Å². The zero-order valence-electron chi connectivity index (χ0n) is 8.60. The maximum absolute atomic E-state index is 10.6. The minimum Gasteiger partial charge on any atom is -0.390 e. The summed E-state index contributed by atoms with van der Waals surface area (Å²) in [5.74, 6) is -0.0586. The number of nitrogens with zero attached hydrogens (tertiary/aromatic N) is 1. The fourth-order valence-electron chi connectivity index (χ4n) is 1.06. The number of hydrogen-bond acceptors (Lipinski definition) is 3. The van der Waals surface area contributed by atoms with Gasteiger partial charge in [0.05, 0.1) is 18.0 Å². The standard InChI is InChI=1S/C11H14N2O2/c1-9(15)12-7-3-6-10-4-2-5-11(8-14)13-10/h2-6,14H,7-8H2,1H3,(H,12,15). The van der Waals surface area contributed by atoms with Gasteiger partial charge in [-0.25, -0.2) is 0 Å². The van der Waals surface area contributed by atoms with E-state index in [1.54, 1.807) is 12.1 Å². The highest BCUT2D eigenvalue weighted by atomic mass is 16.3. The Hall–Kier alpha value is -1.68. The van der Waals surface area contributed by atoms with Crippen molar-refractivity contribution in [2.24, 2.45) is 0 Å². The highest BCUT2D eigenvalue weighted by molar-refractivity contribution is 5.73. The number of rotatable bonds is 4. The fourth-order valence-corrected chi connectivity index (χ4v) is 1.06. The van der Waals surface area contributed by atoms with E-state index < -0.39 is 0 Å². The molecule has 80 valence electrons. The van der Waals surface area contributed by atoms with Gasteiger partial charge < -0.3 is 10.4 Å². The molecule has 2 N–H and O–H groups in total. The Labute approximate surface area is 88.7 Å². The second-order valence-corrected chi connectivity index (χ2v) is 3.05. The van der Waals surface area contributed by atoms with Crippen LogP contribution in [0.4, 0.5) is 0 Å². The van der Waals surface area contributed by atoms with Crippen molar-refractivity contribution in [1.82, 2.24) is 10.3 Å². The average molecular weight is 206 g/mol. The van der Waals surface area contributed by atoms with Crippen LogP contribution in [0, 0.1) is 0 Å². The molecule has 1 rings (SSSR count). The number of aromatic nitrogens is 1. The van der Waals surface area contributed by atoms with E-state index in [4.69, 9.17) is 5.11 Å². The Morgan fingerprint density at radius 1 is 1.60 bits per heavy atom. The number of pyridine rings is 1. The molecule has 0 aliphatic carbocycles. The van der Waals surface area contributed by atoms with Crippen molar-refractivity contribution in [3.63, 3.8) is 0 Å². The third-order valence-electron chi connectivity index (χ3n) is 1.75. The summed E-state index contributed by atoms with van der Waals surface area (Å²) in [5.41, 5.74) is 1.41. The zero-order chi connectivity index (χ0) is 11.1. The molecule has 1 heterocycles. The number of carbonyl (C=O) groups is 1. The number of aliphatic hydroxyl groups excluding tert-OH is 1. The maximum atomic E-state index is 10.6.